The monoisotopic (exact) mass is 331 g/mol. The van der Waals surface area contributed by atoms with Crippen LogP contribution in [0.3, 0.4) is 0 Å². The molecule has 1 N–H and O–H groups in total. The summed E-state index contributed by atoms with van der Waals surface area (Å²) in [4.78, 5) is 0. The number of hydrogen-bond donors (Lipinski definition) is 1. The molecule has 0 spiro atoms. The molecule has 2 atom stereocenters. The first-order valence-electron chi connectivity index (χ1n) is 6.39. The molecule has 1 saturated heterocycles. The average molecular weight is 332 g/mol. The summed E-state index contributed by atoms with van der Waals surface area (Å²) >= 11 is 5.40. The second kappa shape index (κ2) is 5.93. The SMILES string of the molecule is CCNC(c1cc(Br)ccc1F)C1(C)CCCS1. The third-order valence-electron chi connectivity index (χ3n) is 3.54. The van der Waals surface area contributed by atoms with Crippen LogP contribution in [0.15, 0.2) is 22.7 Å². The van der Waals surface area contributed by atoms with Gasteiger partial charge in [0, 0.05) is 20.8 Å². The summed E-state index contributed by atoms with van der Waals surface area (Å²) in [6, 6.07) is 5.29. The van der Waals surface area contributed by atoms with E-state index in [1.807, 2.05) is 17.8 Å². The van der Waals surface area contributed by atoms with Crippen molar-refractivity contribution in [2.75, 3.05) is 12.3 Å². The van der Waals surface area contributed by atoms with E-state index in [-0.39, 0.29) is 16.6 Å². The molecule has 18 heavy (non-hydrogen) atoms. The number of thioether (sulfide) groups is 1. The van der Waals surface area contributed by atoms with E-state index in [1.165, 1.54) is 12.2 Å². The fraction of sp³-hybridized carbons (Fsp3) is 0.571. The van der Waals surface area contributed by atoms with Gasteiger partial charge in [-0.1, -0.05) is 22.9 Å². The van der Waals surface area contributed by atoms with Gasteiger partial charge in [0.25, 0.3) is 0 Å². The zero-order valence-electron chi connectivity index (χ0n) is 10.8. The lowest BCUT2D eigenvalue weighted by molar-refractivity contribution is 0.406. The van der Waals surface area contributed by atoms with Gasteiger partial charge in [0.2, 0.25) is 0 Å². The molecular formula is C14H19BrFNS. The summed E-state index contributed by atoms with van der Waals surface area (Å²) in [5.74, 6) is 1.06. The molecule has 2 unspecified atom stereocenters. The number of hydrogen-bond acceptors (Lipinski definition) is 2. The van der Waals surface area contributed by atoms with E-state index < -0.39 is 0 Å². The molecule has 4 heteroatoms. The Bertz CT molecular complexity index is 418. The zero-order valence-corrected chi connectivity index (χ0v) is 13.2. The highest BCUT2D eigenvalue weighted by molar-refractivity contribution is 9.10. The minimum atomic E-state index is -0.113. The standard InChI is InChI=1S/C14H19BrFNS/c1-3-17-13(14(2)7-4-8-18-14)11-9-10(15)5-6-12(11)16/h5-6,9,13,17H,3-4,7-8H2,1-2H3. The summed E-state index contributed by atoms with van der Waals surface area (Å²) in [7, 11) is 0. The molecule has 1 aromatic rings. The minimum Gasteiger partial charge on any atom is -0.309 e. The maximum atomic E-state index is 14.1. The van der Waals surface area contributed by atoms with Crippen molar-refractivity contribution in [3.05, 3.63) is 34.1 Å². The van der Waals surface area contributed by atoms with Crippen molar-refractivity contribution in [2.24, 2.45) is 0 Å². The molecule has 1 fully saturated rings. The first-order valence-corrected chi connectivity index (χ1v) is 8.17. The van der Waals surface area contributed by atoms with Crippen LogP contribution in [0.25, 0.3) is 0 Å². The van der Waals surface area contributed by atoms with Gasteiger partial charge in [0.05, 0.1) is 0 Å². The van der Waals surface area contributed by atoms with Crippen molar-refractivity contribution in [3.63, 3.8) is 0 Å². The third kappa shape index (κ3) is 2.91. The molecule has 1 aliphatic heterocycles. The summed E-state index contributed by atoms with van der Waals surface area (Å²) in [5, 5.41) is 3.47. The Morgan fingerprint density at radius 2 is 2.33 bits per heavy atom. The Labute approximate surface area is 121 Å². The van der Waals surface area contributed by atoms with Crippen LogP contribution < -0.4 is 5.32 Å². The van der Waals surface area contributed by atoms with Crippen LogP contribution in [0.5, 0.6) is 0 Å². The first-order chi connectivity index (χ1) is 8.57. The van der Waals surface area contributed by atoms with Gasteiger partial charge in [-0.2, -0.15) is 11.8 Å². The number of halogens is 2. The average Bonchev–Trinajstić information content (AvgIpc) is 2.77. The van der Waals surface area contributed by atoms with E-state index in [4.69, 9.17) is 0 Å². The van der Waals surface area contributed by atoms with Gasteiger partial charge < -0.3 is 5.32 Å². The summed E-state index contributed by atoms with van der Waals surface area (Å²) in [6.07, 6.45) is 2.36. The minimum absolute atomic E-state index is 0.0764. The van der Waals surface area contributed by atoms with Crippen molar-refractivity contribution in [3.8, 4) is 0 Å². The highest BCUT2D eigenvalue weighted by atomic mass is 79.9. The van der Waals surface area contributed by atoms with E-state index in [2.05, 4.69) is 35.1 Å². The molecule has 1 aromatic carbocycles. The van der Waals surface area contributed by atoms with Crippen LogP contribution in [-0.2, 0) is 0 Å². The van der Waals surface area contributed by atoms with Gasteiger partial charge in [0.15, 0.2) is 0 Å². The van der Waals surface area contributed by atoms with Crippen molar-refractivity contribution in [2.45, 2.75) is 37.5 Å². The summed E-state index contributed by atoms with van der Waals surface area (Å²) in [6.45, 7) is 5.18. The van der Waals surface area contributed by atoms with E-state index >= 15 is 0 Å². The summed E-state index contributed by atoms with van der Waals surface area (Å²) in [5.41, 5.74) is 0.781. The van der Waals surface area contributed by atoms with Crippen molar-refractivity contribution < 1.29 is 4.39 Å². The van der Waals surface area contributed by atoms with Crippen LogP contribution in [-0.4, -0.2) is 17.0 Å². The maximum absolute atomic E-state index is 14.1. The van der Waals surface area contributed by atoms with Crippen LogP contribution in [0.2, 0.25) is 0 Å². The van der Waals surface area contributed by atoms with E-state index in [0.29, 0.717) is 0 Å². The van der Waals surface area contributed by atoms with Crippen molar-refractivity contribution >= 4 is 27.7 Å². The van der Waals surface area contributed by atoms with Crippen LogP contribution in [0.1, 0.15) is 38.3 Å². The van der Waals surface area contributed by atoms with Crippen molar-refractivity contribution in [1.82, 2.24) is 5.32 Å². The largest absolute Gasteiger partial charge is 0.309 e. The number of rotatable bonds is 4. The van der Waals surface area contributed by atoms with Gasteiger partial charge in [-0.15, -0.1) is 0 Å². The van der Waals surface area contributed by atoms with E-state index in [0.717, 1.165) is 23.0 Å². The molecule has 0 radical (unpaired) electrons. The number of benzene rings is 1. The van der Waals surface area contributed by atoms with Gasteiger partial charge in [-0.3, -0.25) is 0 Å². The molecule has 0 aliphatic carbocycles. The summed E-state index contributed by atoms with van der Waals surface area (Å²) < 4.78 is 15.1. The lowest BCUT2D eigenvalue weighted by Crippen LogP contribution is -2.38. The fourth-order valence-corrected chi connectivity index (χ4v) is 4.42. The number of nitrogens with one attached hydrogen (secondary N) is 1. The molecule has 1 aliphatic rings. The quantitative estimate of drug-likeness (QED) is 0.870. The Hall–Kier alpha value is -0.0600. The van der Waals surface area contributed by atoms with Gasteiger partial charge >= 0.3 is 0 Å². The topological polar surface area (TPSA) is 12.0 Å². The lowest BCUT2D eigenvalue weighted by atomic mass is 9.90. The molecule has 1 heterocycles. The highest BCUT2D eigenvalue weighted by Crippen LogP contribution is 2.47. The van der Waals surface area contributed by atoms with Crippen LogP contribution in [0.4, 0.5) is 4.39 Å². The maximum Gasteiger partial charge on any atom is 0.128 e. The van der Waals surface area contributed by atoms with Crippen LogP contribution in [0, 0.1) is 5.82 Å². The van der Waals surface area contributed by atoms with E-state index in [1.54, 1.807) is 12.1 Å². The third-order valence-corrected chi connectivity index (χ3v) is 5.62. The second-order valence-corrected chi connectivity index (χ2v) is 7.47. The molecule has 1 nitrogen and oxygen atoms in total. The van der Waals surface area contributed by atoms with Crippen LogP contribution >= 0.6 is 27.7 Å². The van der Waals surface area contributed by atoms with Crippen molar-refractivity contribution in [1.29, 1.82) is 0 Å². The predicted octanol–water partition coefficient (Wildman–Crippen LogP) is 4.52. The molecule has 0 saturated carbocycles. The normalized spacial score (nSPS) is 25.3. The second-order valence-electron chi connectivity index (χ2n) is 4.92. The Kier molecular flexibility index (Phi) is 4.73. The molecular weight excluding hydrogens is 313 g/mol. The van der Waals surface area contributed by atoms with Gasteiger partial charge in [-0.05, 0) is 50.3 Å². The molecule has 0 aromatic heterocycles. The highest BCUT2D eigenvalue weighted by Gasteiger charge is 2.39. The Morgan fingerprint density at radius 3 is 2.94 bits per heavy atom. The molecule has 100 valence electrons. The smallest absolute Gasteiger partial charge is 0.128 e. The predicted molar refractivity (Wildman–Crippen MR) is 80.6 cm³/mol. The molecule has 2 rings (SSSR count). The Morgan fingerprint density at radius 1 is 1.56 bits per heavy atom. The lowest BCUT2D eigenvalue weighted by Gasteiger charge is -2.34. The molecule has 0 bridgehead atoms. The first kappa shape index (κ1) is 14.4. The molecule has 0 amide bonds. The Balaban J connectivity index is 2.37. The zero-order chi connectivity index (χ0) is 13.2. The fourth-order valence-electron chi connectivity index (χ4n) is 2.62. The van der Waals surface area contributed by atoms with Gasteiger partial charge in [-0.25, -0.2) is 4.39 Å². The van der Waals surface area contributed by atoms with E-state index in [9.17, 15) is 4.39 Å². The van der Waals surface area contributed by atoms with Gasteiger partial charge in [0.1, 0.15) is 5.82 Å².